The highest BCUT2D eigenvalue weighted by Gasteiger charge is 2.60. The smallest absolute Gasteiger partial charge is 0.342 e. The molecule has 6 nitrogen and oxygen atoms in total. The van der Waals surface area contributed by atoms with Crippen molar-refractivity contribution in [2.45, 2.75) is 26.0 Å². The van der Waals surface area contributed by atoms with Crippen LogP contribution in [0.2, 0.25) is 0 Å². The number of rotatable bonds is 6. The average Bonchev–Trinajstić information content (AvgIpc) is 3.12. The maximum absolute atomic E-state index is 14.4. The molecule has 0 amide bonds. The third kappa shape index (κ3) is 3.78. The maximum atomic E-state index is 14.4. The summed E-state index contributed by atoms with van der Waals surface area (Å²) < 4.78 is 17.6. The number of hydrogen-bond acceptors (Lipinski definition) is 6. The number of Topliss-reactive ketones (excluding diaryl/α,β-unsaturated/α-hetero) is 1. The zero-order valence-electron chi connectivity index (χ0n) is 20.5. The van der Waals surface area contributed by atoms with Crippen LogP contribution in [0.25, 0.3) is 11.3 Å². The third-order valence-corrected chi connectivity index (χ3v) is 7.00. The second-order valence-corrected chi connectivity index (χ2v) is 10.2. The Balaban J connectivity index is 1.83. The molecular formula is C29H26BrNO5. The molecular weight excluding hydrogens is 522 g/mol. The lowest BCUT2D eigenvalue weighted by Gasteiger charge is -2.44. The molecule has 5 rings (SSSR count). The minimum Gasteiger partial charge on any atom is -0.497 e. The molecule has 0 N–H and O–H groups in total. The van der Waals surface area contributed by atoms with Gasteiger partial charge < -0.3 is 14.2 Å². The molecule has 0 saturated heterocycles. The van der Waals surface area contributed by atoms with Crippen LogP contribution in [-0.2, 0) is 9.53 Å². The predicted molar refractivity (Wildman–Crippen MR) is 142 cm³/mol. The lowest BCUT2D eigenvalue weighted by molar-refractivity contribution is -0.132. The summed E-state index contributed by atoms with van der Waals surface area (Å²) in [5.41, 5.74) is 2.26. The Labute approximate surface area is 218 Å². The molecule has 0 aliphatic carbocycles. The van der Waals surface area contributed by atoms with Crippen molar-refractivity contribution in [2.24, 2.45) is 5.92 Å². The number of carbonyl (C=O) groups excluding carboxylic acids is 2. The van der Waals surface area contributed by atoms with E-state index in [9.17, 15) is 9.59 Å². The van der Waals surface area contributed by atoms with Crippen molar-refractivity contribution < 1.29 is 23.8 Å². The van der Waals surface area contributed by atoms with Crippen LogP contribution in [0.15, 0.2) is 71.2 Å². The van der Waals surface area contributed by atoms with Gasteiger partial charge in [-0.15, -0.1) is 0 Å². The van der Waals surface area contributed by atoms with Gasteiger partial charge in [-0.3, -0.25) is 9.69 Å². The molecule has 0 saturated carbocycles. The number of benzene rings is 3. The highest BCUT2D eigenvalue weighted by atomic mass is 79.9. The van der Waals surface area contributed by atoms with Crippen LogP contribution < -0.4 is 14.4 Å². The summed E-state index contributed by atoms with van der Waals surface area (Å²) in [4.78, 5) is 29.6. The summed E-state index contributed by atoms with van der Waals surface area (Å²) in [5, 5.41) is 0. The van der Waals surface area contributed by atoms with E-state index in [1.54, 1.807) is 20.3 Å². The fraction of sp³-hybridized carbons (Fsp3) is 0.241. The standard InChI is InChI=1S/C29H26BrNO5/c1-17(2)16-29-27(32)25(18-5-10-21(34-3)11-6-18)26(19-7-12-22(35-4)13-8-19)31(29)24-14-9-20(30)15-23(24)28(33)36-29/h5-15,17H,16H2,1-4H3. The Kier molecular flexibility index (Phi) is 6.12. The lowest BCUT2D eigenvalue weighted by Crippen LogP contribution is -2.56. The second kappa shape index (κ2) is 9.13. The van der Waals surface area contributed by atoms with Crippen LogP contribution in [0.4, 0.5) is 5.69 Å². The molecule has 1 atom stereocenters. The van der Waals surface area contributed by atoms with Crippen molar-refractivity contribution in [2.75, 3.05) is 19.1 Å². The number of esters is 1. The number of fused-ring (bicyclic) bond motifs is 3. The molecule has 0 aromatic heterocycles. The van der Waals surface area contributed by atoms with Crippen LogP contribution in [0.3, 0.4) is 0 Å². The minimum absolute atomic E-state index is 0.0774. The molecule has 2 aliphatic rings. The van der Waals surface area contributed by atoms with Gasteiger partial charge in [-0.1, -0.05) is 41.9 Å². The highest BCUT2D eigenvalue weighted by molar-refractivity contribution is 9.10. The van der Waals surface area contributed by atoms with Gasteiger partial charge in [0.15, 0.2) is 0 Å². The third-order valence-electron chi connectivity index (χ3n) is 6.51. The first-order valence-electron chi connectivity index (χ1n) is 11.7. The fourth-order valence-electron chi connectivity index (χ4n) is 5.01. The summed E-state index contributed by atoms with van der Waals surface area (Å²) in [5.74, 6) is 0.717. The molecule has 36 heavy (non-hydrogen) atoms. The number of hydrogen-bond donors (Lipinski definition) is 0. The van der Waals surface area contributed by atoms with Gasteiger partial charge in [0.1, 0.15) is 11.5 Å². The van der Waals surface area contributed by atoms with E-state index in [2.05, 4.69) is 15.9 Å². The molecule has 0 radical (unpaired) electrons. The van der Waals surface area contributed by atoms with E-state index in [-0.39, 0.29) is 11.7 Å². The molecule has 2 heterocycles. The highest BCUT2D eigenvalue weighted by Crippen LogP contribution is 2.53. The zero-order chi connectivity index (χ0) is 25.6. The number of ether oxygens (including phenoxy) is 3. The van der Waals surface area contributed by atoms with Crippen LogP contribution in [0, 0.1) is 5.92 Å². The van der Waals surface area contributed by atoms with E-state index >= 15 is 0 Å². The van der Waals surface area contributed by atoms with Crippen molar-refractivity contribution >= 4 is 44.6 Å². The number of methoxy groups -OCH3 is 2. The van der Waals surface area contributed by atoms with Crippen LogP contribution in [0.1, 0.15) is 41.8 Å². The number of halogens is 1. The zero-order valence-corrected chi connectivity index (χ0v) is 22.1. The summed E-state index contributed by atoms with van der Waals surface area (Å²) in [6.07, 6.45) is 0.340. The predicted octanol–water partition coefficient (Wildman–Crippen LogP) is 6.34. The Morgan fingerprint density at radius 2 is 1.47 bits per heavy atom. The van der Waals surface area contributed by atoms with Gasteiger partial charge in [0.05, 0.1) is 36.7 Å². The largest absolute Gasteiger partial charge is 0.497 e. The topological polar surface area (TPSA) is 65.1 Å². The SMILES string of the molecule is COc1ccc(C2=C(c3ccc(OC)cc3)N3c4ccc(Br)cc4C(=O)OC3(CC(C)C)C2=O)cc1. The first kappa shape index (κ1) is 24.1. The van der Waals surface area contributed by atoms with Gasteiger partial charge in [0.2, 0.25) is 5.78 Å². The molecule has 3 aromatic rings. The van der Waals surface area contributed by atoms with Gasteiger partial charge in [0, 0.05) is 10.9 Å². The maximum Gasteiger partial charge on any atom is 0.342 e. The average molecular weight is 548 g/mol. The minimum atomic E-state index is -1.49. The summed E-state index contributed by atoms with van der Waals surface area (Å²) >= 11 is 3.46. The van der Waals surface area contributed by atoms with Gasteiger partial charge in [-0.25, -0.2) is 4.79 Å². The molecule has 2 aliphatic heterocycles. The van der Waals surface area contributed by atoms with Crippen molar-refractivity contribution in [3.8, 4) is 11.5 Å². The molecule has 0 fully saturated rings. The molecule has 0 bridgehead atoms. The van der Waals surface area contributed by atoms with Crippen LogP contribution >= 0.6 is 15.9 Å². The van der Waals surface area contributed by atoms with E-state index in [0.29, 0.717) is 40.4 Å². The van der Waals surface area contributed by atoms with Crippen LogP contribution in [-0.4, -0.2) is 31.7 Å². The molecule has 1 unspecified atom stereocenters. The molecule has 7 heteroatoms. The monoisotopic (exact) mass is 547 g/mol. The fourth-order valence-corrected chi connectivity index (χ4v) is 5.37. The van der Waals surface area contributed by atoms with Gasteiger partial charge in [-0.05, 0) is 71.6 Å². The number of nitrogens with zero attached hydrogens (tertiary/aromatic N) is 1. The quantitative estimate of drug-likeness (QED) is 0.335. The Morgan fingerprint density at radius 3 is 2.03 bits per heavy atom. The van der Waals surface area contributed by atoms with Crippen molar-refractivity contribution in [1.29, 1.82) is 0 Å². The first-order valence-corrected chi connectivity index (χ1v) is 12.5. The molecule has 0 spiro atoms. The van der Waals surface area contributed by atoms with E-state index in [4.69, 9.17) is 14.2 Å². The summed E-state index contributed by atoms with van der Waals surface area (Å²) in [6, 6.07) is 20.4. The van der Waals surface area contributed by atoms with E-state index in [1.807, 2.05) is 79.4 Å². The van der Waals surface area contributed by atoms with Crippen LogP contribution in [0.5, 0.6) is 11.5 Å². The van der Waals surface area contributed by atoms with Crippen molar-refractivity contribution in [3.63, 3.8) is 0 Å². The van der Waals surface area contributed by atoms with E-state index in [1.165, 1.54) is 0 Å². The Morgan fingerprint density at radius 1 is 0.889 bits per heavy atom. The van der Waals surface area contributed by atoms with Gasteiger partial charge in [-0.2, -0.15) is 0 Å². The first-order chi connectivity index (χ1) is 17.3. The van der Waals surface area contributed by atoms with E-state index < -0.39 is 11.7 Å². The Hall–Kier alpha value is -3.58. The normalized spacial score (nSPS) is 18.8. The van der Waals surface area contributed by atoms with Crippen molar-refractivity contribution in [3.05, 3.63) is 87.9 Å². The molecule has 3 aromatic carbocycles. The Bertz CT molecular complexity index is 1380. The number of carbonyl (C=O) groups is 2. The van der Waals surface area contributed by atoms with Crippen molar-refractivity contribution in [1.82, 2.24) is 0 Å². The summed E-state index contributed by atoms with van der Waals surface area (Å²) in [6.45, 7) is 4.03. The number of ketones is 1. The van der Waals surface area contributed by atoms with E-state index in [0.717, 1.165) is 15.6 Å². The lowest BCUT2D eigenvalue weighted by atomic mass is 9.90. The second-order valence-electron chi connectivity index (χ2n) is 9.28. The van der Waals surface area contributed by atoms with Gasteiger partial charge in [0.25, 0.3) is 5.72 Å². The molecule has 184 valence electrons. The number of anilines is 1. The van der Waals surface area contributed by atoms with Gasteiger partial charge >= 0.3 is 5.97 Å². The summed E-state index contributed by atoms with van der Waals surface area (Å²) in [7, 11) is 3.21.